The van der Waals surface area contributed by atoms with Gasteiger partial charge in [0, 0.05) is 43.0 Å². The molecule has 1 saturated heterocycles. The van der Waals surface area contributed by atoms with Crippen LogP contribution < -0.4 is 10.2 Å². The Bertz CT molecular complexity index is 708. The van der Waals surface area contributed by atoms with Crippen molar-refractivity contribution in [2.75, 3.05) is 36.4 Å². The molecule has 0 radical (unpaired) electrons. The summed E-state index contributed by atoms with van der Waals surface area (Å²) in [6.07, 6.45) is 0. The quantitative estimate of drug-likeness (QED) is 0.915. The molecule has 1 aromatic heterocycles. The van der Waals surface area contributed by atoms with E-state index in [9.17, 15) is 4.79 Å². The Kier molecular flexibility index (Phi) is 4.43. The second kappa shape index (κ2) is 6.50. The Morgan fingerprint density at radius 2 is 1.96 bits per heavy atom. The third-order valence-electron chi connectivity index (χ3n) is 3.95. The molecule has 3 rings (SSSR count). The van der Waals surface area contributed by atoms with Crippen molar-refractivity contribution in [3.63, 3.8) is 0 Å². The number of rotatable bonds is 2. The number of nitrogens with zero attached hydrogens (tertiary/aromatic N) is 3. The van der Waals surface area contributed by atoms with Crippen LogP contribution in [-0.4, -0.2) is 42.3 Å². The lowest BCUT2D eigenvalue weighted by molar-refractivity contribution is 0.208. The number of carbonyl (C=O) groups excluding carboxylic acids is 1. The Labute approximate surface area is 140 Å². The predicted octanol–water partition coefficient (Wildman–Crippen LogP) is 3.30. The third-order valence-corrected chi connectivity index (χ3v) is 4.36. The van der Waals surface area contributed by atoms with E-state index in [1.54, 1.807) is 17.9 Å². The molecule has 1 fully saturated rings. The highest BCUT2D eigenvalue weighted by Crippen LogP contribution is 2.24. The number of halogens is 1. The van der Waals surface area contributed by atoms with Crippen LogP contribution in [0.25, 0.3) is 0 Å². The summed E-state index contributed by atoms with van der Waals surface area (Å²) in [5, 5.41) is 7.29. The Morgan fingerprint density at radius 3 is 2.57 bits per heavy atom. The van der Waals surface area contributed by atoms with Crippen LogP contribution in [0.15, 0.2) is 28.8 Å². The summed E-state index contributed by atoms with van der Waals surface area (Å²) in [4.78, 5) is 16.2. The molecular weight excluding hydrogens is 316 g/mol. The fourth-order valence-corrected chi connectivity index (χ4v) is 2.73. The number of aryl methyl sites for hydroxylation is 2. The van der Waals surface area contributed by atoms with Crippen molar-refractivity contribution in [2.45, 2.75) is 13.8 Å². The van der Waals surface area contributed by atoms with Crippen LogP contribution in [0, 0.1) is 13.8 Å². The van der Waals surface area contributed by atoms with Gasteiger partial charge in [-0.3, -0.25) is 5.32 Å². The lowest BCUT2D eigenvalue weighted by atomic mass is 10.2. The van der Waals surface area contributed by atoms with Crippen LogP contribution in [0.1, 0.15) is 11.3 Å². The maximum absolute atomic E-state index is 12.2. The first kappa shape index (κ1) is 15.7. The molecule has 0 bridgehead atoms. The van der Waals surface area contributed by atoms with E-state index < -0.39 is 0 Å². The number of anilines is 2. The van der Waals surface area contributed by atoms with E-state index in [1.165, 1.54) is 0 Å². The zero-order chi connectivity index (χ0) is 16.4. The van der Waals surface area contributed by atoms with Crippen molar-refractivity contribution < 1.29 is 9.32 Å². The Balaban J connectivity index is 1.57. The lowest BCUT2D eigenvalue weighted by Gasteiger charge is -2.36. The molecule has 0 spiro atoms. The SMILES string of the molecule is Cc1cc(NC(=O)N2CCN(c3ccc(C)c(Cl)c3)CC2)no1. The van der Waals surface area contributed by atoms with Gasteiger partial charge in [-0.15, -0.1) is 0 Å². The molecule has 1 N–H and O–H groups in total. The van der Waals surface area contributed by atoms with Gasteiger partial charge in [0.2, 0.25) is 0 Å². The van der Waals surface area contributed by atoms with Gasteiger partial charge in [0.05, 0.1) is 0 Å². The number of hydrogen-bond donors (Lipinski definition) is 1. The highest BCUT2D eigenvalue weighted by molar-refractivity contribution is 6.31. The summed E-state index contributed by atoms with van der Waals surface area (Å²) >= 11 is 6.19. The average molecular weight is 335 g/mol. The maximum Gasteiger partial charge on any atom is 0.323 e. The molecule has 23 heavy (non-hydrogen) atoms. The summed E-state index contributed by atoms with van der Waals surface area (Å²) in [5.41, 5.74) is 2.16. The number of aromatic nitrogens is 1. The van der Waals surface area contributed by atoms with E-state index in [0.29, 0.717) is 24.7 Å². The standard InChI is InChI=1S/C16H19ClN4O2/c1-11-3-4-13(10-14(11)17)20-5-7-21(8-6-20)16(22)18-15-9-12(2)23-19-15/h3-4,9-10H,5-8H2,1-2H3,(H,18,19,22). The van der Waals surface area contributed by atoms with Crippen LogP contribution in [0.3, 0.4) is 0 Å². The smallest absolute Gasteiger partial charge is 0.323 e. The molecule has 0 saturated carbocycles. The predicted molar refractivity (Wildman–Crippen MR) is 90.2 cm³/mol. The molecule has 1 aliphatic rings. The van der Waals surface area contributed by atoms with Crippen molar-refractivity contribution in [3.05, 3.63) is 40.6 Å². The molecule has 1 aliphatic heterocycles. The minimum atomic E-state index is -0.153. The van der Waals surface area contributed by atoms with Gasteiger partial charge in [-0.2, -0.15) is 0 Å². The monoisotopic (exact) mass is 334 g/mol. The molecule has 0 aliphatic carbocycles. The number of benzene rings is 1. The summed E-state index contributed by atoms with van der Waals surface area (Å²) in [5.74, 6) is 1.11. The first-order valence-corrected chi connectivity index (χ1v) is 7.91. The average Bonchev–Trinajstić information content (AvgIpc) is 2.95. The van der Waals surface area contributed by atoms with Gasteiger partial charge in [-0.05, 0) is 31.5 Å². The second-order valence-electron chi connectivity index (χ2n) is 5.66. The van der Waals surface area contributed by atoms with Gasteiger partial charge in [0.15, 0.2) is 5.82 Å². The molecule has 122 valence electrons. The first-order valence-electron chi connectivity index (χ1n) is 7.53. The van der Waals surface area contributed by atoms with E-state index in [-0.39, 0.29) is 6.03 Å². The van der Waals surface area contributed by atoms with Crippen LogP contribution >= 0.6 is 11.6 Å². The normalized spacial score (nSPS) is 14.9. The van der Waals surface area contributed by atoms with Crippen LogP contribution in [0.5, 0.6) is 0 Å². The lowest BCUT2D eigenvalue weighted by Crippen LogP contribution is -2.50. The molecule has 2 heterocycles. The molecule has 7 heteroatoms. The third kappa shape index (κ3) is 3.59. The number of hydrogen-bond acceptors (Lipinski definition) is 4. The highest BCUT2D eigenvalue weighted by Gasteiger charge is 2.22. The van der Waals surface area contributed by atoms with E-state index in [1.807, 2.05) is 19.1 Å². The molecular formula is C16H19ClN4O2. The van der Waals surface area contributed by atoms with Gasteiger partial charge in [0.1, 0.15) is 5.76 Å². The zero-order valence-electron chi connectivity index (χ0n) is 13.2. The summed E-state index contributed by atoms with van der Waals surface area (Å²) < 4.78 is 4.94. The summed E-state index contributed by atoms with van der Waals surface area (Å²) in [7, 11) is 0. The zero-order valence-corrected chi connectivity index (χ0v) is 13.9. The van der Waals surface area contributed by atoms with Crippen molar-refractivity contribution in [1.29, 1.82) is 0 Å². The Morgan fingerprint density at radius 1 is 1.22 bits per heavy atom. The van der Waals surface area contributed by atoms with Crippen LogP contribution in [0.2, 0.25) is 5.02 Å². The highest BCUT2D eigenvalue weighted by atomic mass is 35.5. The van der Waals surface area contributed by atoms with Crippen LogP contribution in [0.4, 0.5) is 16.3 Å². The minimum Gasteiger partial charge on any atom is -0.368 e. The van der Waals surface area contributed by atoms with Gasteiger partial charge in [0.25, 0.3) is 0 Å². The van der Waals surface area contributed by atoms with E-state index >= 15 is 0 Å². The largest absolute Gasteiger partial charge is 0.368 e. The number of nitrogens with one attached hydrogen (secondary N) is 1. The molecule has 6 nitrogen and oxygen atoms in total. The molecule has 2 amide bonds. The van der Waals surface area contributed by atoms with E-state index in [2.05, 4.69) is 21.4 Å². The number of carbonyl (C=O) groups is 1. The number of urea groups is 1. The van der Waals surface area contributed by atoms with E-state index in [0.717, 1.165) is 29.4 Å². The molecule has 1 aromatic carbocycles. The van der Waals surface area contributed by atoms with Crippen molar-refractivity contribution in [3.8, 4) is 0 Å². The number of amides is 2. The molecule has 0 unspecified atom stereocenters. The first-order chi connectivity index (χ1) is 11.0. The fourth-order valence-electron chi connectivity index (χ4n) is 2.56. The summed E-state index contributed by atoms with van der Waals surface area (Å²) in [6.45, 7) is 6.60. The molecule has 0 atom stereocenters. The summed E-state index contributed by atoms with van der Waals surface area (Å²) in [6, 6.07) is 7.60. The second-order valence-corrected chi connectivity index (χ2v) is 6.07. The number of piperazine rings is 1. The molecule has 2 aromatic rings. The van der Waals surface area contributed by atoms with Crippen molar-refractivity contribution in [1.82, 2.24) is 10.1 Å². The Hall–Kier alpha value is -2.21. The maximum atomic E-state index is 12.2. The van der Waals surface area contributed by atoms with E-state index in [4.69, 9.17) is 16.1 Å². The van der Waals surface area contributed by atoms with Crippen molar-refractivity contribution in [2.24, 2.45) is 0 Å². The topological polar surface area (TPSA) is 61.6 Å². The van der Waals surface area contributed by atoms with Crippen molar-refractivity contribution >= 4 is 29.1 Å². The van der Waals surface area contributed by atoms with Gasteiger partial charge in [-0.1, -0.05) is 22.8 Å². The van der Waals surface area contributed by atoms with Gasteiger partial charge in [-0.25, -0.2) is 4.79 Å². The minimum absolute atomic E-state index is 0.153. The fraction of sp³-hybridized carbons (Fsp3) is 0.375. The van der Waals surface area contributed by atoms with Gasteiger partial charge < -0.3 is 14.3 Å². The van der Waals surface area contributed by atoms with Crippen LogP contribution in [-0.2, 0) is 0 Å². The van der Waals surface area contributed by atoms with Gasteiger partial charge >= 0.3 is 6.03 Å².